The molecule has 3 nitrogen and oxygen atoms in total. The third-order valence-electron chi connectivity index (χ3n) is 2.86. The van der Waals surface area contributed by atoms with Gasteiger partial charge in [0.1, 0.15) is 5.41 Å². The highest BCUT2D eigenvalue weighted by Gasteiger charge is 2.46. The Kier molecular flexibility index (Phi) is 2.37. The minimum Gasteiger partial charge on any atom is -0.355 e. The van der Waals surface area contributed by atoms with Gasteiger partial charge < -0.3 is 5.32 Å². The minimum absolute atomic E-state index is 0.0839. The third-order valence-corrected chi connectivity index (χ3v) is 2.86. The molecule has 1 fully saturated rings. The monoisotopic (exact) mass is 166 g/mol. The summed E-state index contributed by atoms with van der Waals surface area (Å²) in [5, 5.41) is 11.7. The van der Waals surface area contributed by atoms with Gasteiger partial charge in [-0.1, -0.05) is 20.3 Å². The SMILES string of the molecule is CCC(C)C1(C#N)CCNC1=O. The summed E-state index contributed by atoms with van der Waals surface area (Å²) in [7, 11) is 0. The molecule has 0 bridgehead atoms. The molecule has 2 atom stereocenters. The quantitative estimate of drug-likeness (QED) is 0.667. The zero-order valence-electron chi connectivity index (χ0n) is 7.55. The number of nitrogens with zero attached hydrogens (tertiary/aromatic N) is 1. The van der Waals surface area contributed by atoms with Crippen molar-refractivity contribution in [3.63, 3.8) is 0 Å². The second kappa shape index (κ2) is 3.14. The lowest BCUT2D eigenvalue weighted by atomic mass is 9.75. The molecule has 1 aliphatic heterocycles. The Balaban J connectivity index is 2.90. The molecule has 0 aliphatic carbocycles. The number of hydrogen-bond donors (Lipinski definition) is 1. The van der Waals surface area contributed by atoms with Crippen LogP contribution in [0.2, 0.25) is 0 Å². The predicted octanol–water partition coefficient (Wildman–Crippen LogP) is 1.06. The maximum atomic E-state index is 11.4. The van der Waals surface area contributed by atoms with Gasteiger partial charge in [0, 0.05) is 6.54 Å². The van der Waals surface area contributed by atoms with E-state index in [4.69, 9.17) is 5.26 Å². The van der Waals surface area contributed by atoms with Gasteiger partial charge in [0.25, 0.3) is 0 Å². The normalized spacial score (nSPS) is 30.9. The van der Waals surface area contributed by atoms with Gasteiger partial charge in [-0.3, -0.25) is 4.79 Å². The standard InChI is InChI=1S/C9H14N2O/c1-3-7(2)9(6-10)4-5-11-8(9)12/h7H,3-5H2,1-2H3,(H,11,12). The Bertz CT molecular complexity index is 231. The first-order valence-electron chi connectivity index (χ1n) is 4.37. The summed E-state index contributed by atoms with van der Waals surface area (Å²) in [5.41, 5.74) is -0.741. The molecular formula is C9H14N2O. The van der Waals surface area contributed by atoms with Crippen molar-refractivity contribution in [3.05, 3.63) is 0 Å². The van der Waals surface area contributed by atoms with Crippen molar-refractivity contribution in [1.29, 1.82) is 5.26 Å². The van der Waals surface area contributed by atoms with E-state index in [-0.39, 0.29) is 11.8 Å². The summed E-state index contributed by atoms with van der Waals surface area (Å²) in [5.74, 6) is 0.0735. The molecular weight excluding hydrogens is 152 g/mol. The molecule has 2 unspecified atom stereocenters. The highest BCUT2D eigenvalue weighted by atomic mass is 16.2. The van der Waals surface area contributed by atoms with E-state index in [0.29, 0.717) is 13.0 Å². The van der Waals surface area contributed by atoms with Crippen LogP contribution in [-0.4, -0.2) is 12.5 Å². The van der Waals surface area contributed by atoms with Crippen LogP contribution in [0.3, 0.4) is 0 Å². The molecule has 0 radical (unpaired) electrons. The fourth-order valence-corrected chi connectivity index (χ4v) is 1.68. The van der Waals surface area contributed by atoms with Crippen LogP contribution in [0.5, 0.6) is 0 Å². The van der Waals surface area contributed by atoms with E-state index >= 15 is 0 Å². The lowest BCUT2D eigenvalue weighted by Gasteiger charge is -2.23. The summed E-state index contributed by atoms with van der Waals surface area (Å²) in [6.07, 6.45) is 1.54. The van der Waals surface area contributed by atoms with E-state index in [1.54, 1.807) is 0 Å². The van der Waals surface area contributed by atoms with Crippen molar-refractivity contribution in [2.75, 3.05) is 6.54 Å². The second-order valence-electron chi connectivity index (χ2n) is 3.40. The number of amides is 1. The van der Waals surface area contributed by atoms with Gasteiger partial charge in [-0.15, -0.1) is 0 Å². The van der Waals surface area contributed by atoms with Crippen LogP contribution >= 0.6 is 0 Å². The highest BCUT2D eigenvalue weighted by Crippen LogP contribution is 2.36. The van der Waals surface area contributed by atoms with Gasteiger partial charge >= 0.3 is 0 Å². The van der Waals surface area contributed by atoms with Gasteiger partial charge in [0.05, 0.1) is 6.07 Å². The highest BCUT2D eigenvalue weighted by molar-refractivity contribution is 5.87. The molecule has 0 aromatic carbocycles. The number of hydrogen-bond acceptors (Lipinski definition) is 2. The molecule has 0 saturated carbocycles. The fourth-order valence-electron chi connectivity index (χ4n) is 1.68. The molecule has 0 aromatic heterocycles. The van der Waals surface area contributed by atoms with E-state index in [0.717, 1.165) is 6.42 Å². The first-order valence-corrected chi connectivity index (χ1v) is 4.37. The van der Waals surface area contributed by atoms with Crippen molar-refractivity contribution in [2.24, 2.45) is 11.3 Å². The number of nitrogens with one attached hydrogen (secondary N) is 1. The summed E-state index contributed by atoms with van der Waals surface area (Å²) < 4.78 is 0. The number of carbonyl (C=O) groups excluding carboxylic acids is 1. The molecule has 0 spiro atoms. The number of rotatable bonds is 2. The minimum atomic E-state index is -0.741. The van der Waals surface area contributed by atoms with E-state index < -0.39 is 5.41 Å². The molecule has 1 saturated heterocycles. The van der Waals surface area contributed by atoms with E-state index in [1.807, 2.05) is 13.8 Å². The van der Waals surface area contributed by atoms with Crippen LogP contribution in [0.4, 0.5) is 0 Å². The van der Waals surface area contributed by atoms with Crippen LogP contribution in [0.1, 0.15) is 26.7 Å². The first-order chi connectivity index (χ1) is 5.67. The van der Waals surface area contributed by atoms with Crippen LogP contribution in [0.25, 0.3) is 0 Å². The lowest BCUT2D eigenvalue weighted by molar-refractivity contribution is -0.127. The van der Waals surface area contributed by atoms with E-state index in [9.17, 15) is 4.79 Å². The zero-order chi connectivity index (χ0) is 9.19. The van der Waals surface area contributed by atoms with Crippen LogP contribution < -0.4 is 5.32 Å². The molecule has 1 aliphatic rings. The summed E-state index contributed by atoms with van der Waals surface area (Å²) in [6.45, 7) is 4.63. The van der Waals surface area contributed by atoms with E-state index in [2.05, 4.69) is 11.4 Å². The van der Waals surface area contributed by atoms with Crippen LogP contribution in [-0.2, 0) is 4.79 Å². The first kappa shape index (κ1) is 9.05. The molecule has 1 N–H and O–H groups in total. The Labute approximate surface area is 72.8 Å². The van der Waals surface area contributed by atoms with E-state index in [1.165, 1.54) is 0 Å². The topological polar surface area (TPSA) is 52.9 Å². The zero-order valence-corrected chi connectivity index (χ0v) is 7.55. The average molecular weight is 166 g/mol. The predicted molar refractivity (Wildman–Crippen MR) is 45.1 cm³/mol. The van der Waals surface area contributed by atoms with Crippen molar-refractivity contribution in [2.45, 2.75) is 26.7 Å². The Morgan fingerprint density at radius 3 is 2.83 bits per heavy atom. The second-order valence-corrected chi connectivity index (χ2v) is 3.40. The van der Waals surface area contributed by atoms with Gasteiger partial charge in [0.15, 0.2) is 0 Å². The van der Waals surface area contributed by atoms with Gasteiger partial charge in [0.2, 0.25) is 5.91 Å². The summed E-state index contributed by atoms with van der Waals surface area (Å²) in [4.78, 5) is 11.4. The average Bonchev–Trinajstić information content (AvgIpc) is 2.46. The Morgan fingerprint density at radius 2 is 2.50 bits per heavy atom. The van der Waals surface area contributed by atoms with Crippen molar-refractivity contribution in [3.8, 4) is 6.07 Å². The number of nitriles is 1. The maximum Gasteiger partial charge on any atom is 0.240 e. The lowest BCUT2D eigenvalue weighted by Crippen LogP contribution is -2.35. The van der Waals surface area contributed by atoms with Crippen molar-refractivity contribution in [1.82, 2.24) is 5.32 Å². The maximum absolute atomic E-state index is 11.4. The molecule has 1 rings (SSSR count). The fraction of sp³-hybridized carbons (Fsp3) is 0.778. The summed E-state index contributed by atoms with van der Waals surface area (Å²) >= 11 is 0. The molecule has 12 heavy (non-hydrogen) atoms. The smallest absolute Gasteiger partial charge is 0.240 e. The van der Waals surface area contributed by atoms with Crippen molar-refractivity contribution >= 4 is 5.91 Å². The third kappa shape index (κ3) is 1.08. The summed E-state index contributed by atoms with van der Waals surface area (Å²) in [6, 6.07) is 2.17. The van der Waals surface area contributed by atoms with Gasteiger partial charge in [-0.05, 0) is 12.3 Å². The largest absolute Gasteiger partial charge is 0.355 e. The van der Waals surface area contributed by atoms with Crippen molar-refractivity contribution < 1.29 is 4.79 Å². The molecule has 66 valence electrons. The van der Waals surface area contributed by atoms with Crippen LogP contribution in [0, 0.1) is 22.7 Å². The van der Waals surface area contributed by atoms with Gasteiger partial charge in [-0.2, -0.15) is 5.26 Å². The number of carbonyl (C=O) groups is 1. The van der Waals surface area contributed by atoms with Crippen LogP contribution in [0.15, 0.2) is 0 Å². The Hall–Kier alpha value is -1.04. The molecule has 0 aromatic rings. The molecule has 3 heteroatoms. The molecule has 1 amide bonds. The van der Waals surface area contributed by atoms with Gasteiger partial charge in [-0.25, -0.2) is 0 Å². The Morgan fingerprint density at radius 1 is 1.83 bits per heavy atom. The molecule has 1 heterocycles.